The van der Waals surface area contributed by atoms with Crippen LogP contribution in [0, 0.1) is 0 Å². The van der Waals surface area contributed by atoms with E-state index in [2.05, 4.69) is 29.6 Å². The second kappa shape index (κ2) is 7.11. The van der Waals surface area contributed by atoms with Crippen molar-refractivity contribution in [2.45, 2.75) is 19.9 Å². The molecular formula is C17H21N5OS. The summed E-state index contributed by atoms with van der Waals surface area (Å²) in [6.45, 7) is 5.41. The molecule has 0 aliphatic carbocycles. The second-order valence-electron chi connectivity index (χ2n) is 5.81. The molecule has 0 aromatic carbocycles. The van der Waals surface area contributed by atoms with E-state index in [0.717, 1.165) is 28.1 Å². The molecule has 0 radical (unpaired) electrons. The van der Waals surface area contributed by atoms with Gasteiger partial charge in [0.15, 0.2) is 5.65 Å². The van der Waals surface area contributed by atoms with Crippen LogP contribution in [0.2, 0.25) is 0 Å². The zero-order valence-electron chi connectivity index (χ0n) is 14.0. The fraction of sp³-hybridized carbons (Fsp3) is 0.353. The maximum Gasteiger partial charge on any atom is 0.252 e. The first kappa shape index (κ1) is 16.6. The van der Waals surface area contributed by atoms with Gasteiger partial charge >= 0.3 is 0 Å². The van der Waals surface area contributed by atoms with Crippen molar-refractivity contribution in [1.82, 2.24) is 25.4 Å². The molecule has 2 N–H and O–H groups in total. The average molecular weight is 343 g/mol. The normalized spacial score (nSPS) is 11.3. The topological polar surface area (TPSA) is 71.8 Å². The maximum absolute atomic E-state index is 12.6. The molecule has 0 bridgehead atoms. The summed E-state index contributed by atoms with van der Waals surface area (Å²) >= 11 is 1.61. The van der Waals surface area contributed by atoms with Crippen molar-refractivity contribution in [3.63, 3.8) is 0 Å². The molecule has 0 unspecified atom stereocenters. The van der Waals surface area contributed by atoms with Gasteiger partial charge < -0.3 is 10.6 Å². The van der Waals surface area contributed by atoms with Gasteiger partial charge in [-0.25, -0.2) is 9.67 Å². The highest BCUT2D eigenvalue weighted by atomic mass is 32.1. The quantitative estimate of drug-likeness (QED) is 0.675. The molecule has 0 aliphatic heterocycles. The fourth-order valence-electron chi connectivity index (χ4n) is 2.53. The van der Waals surface area contributed by atoms with Gasteiger partial charge in [0.1, 0.15) is 0 Å². The first-order chi connectivity index (χ1) is 11.6. The first-order valence-electron chi connectivity index (χ1n) is 7.96. The SMILES string of the molecule is CNCCNC(=O)c1cc(-c2cccs2)nc2c1cnn2C(C)C. The third-order valence-corrected chi connectivity index (χ3v) is 4.63. The van der Waals surface area contributed by atoms with Crippen LogP contribution in [0.15, 0.2) is 29.8 Å². The van der Waals surface area contributed by atoms with E-state index in [-0.39, 0.29) is 11.9 Å². The van der Waals surface area contributed by atoms with E-state index in [1.165, 1.54) is 0 Å². The van der Waals surface area contributed by atoms with Gasteiger partial charge in [0.25, 0.3) is 5.91 Å². The number of carbonyl (C=O) groups is 1. The zero-order chi connectivity index (χ0) is 17.1. The molecular weight excluding hydrogens is 322 g/mol. The number of fused-ring (bicyclic) bond motifs is 1. The van der Waals surface area contributed by atoms with Crippen LogP contribution >= 0.6 is 11.3 Å². The van der Waals surface area contributed by atoms with Crippen molar-refractivity contribution in [2.75, 3.05) is 20.1 Å². The number of hydrogen-bond acceptors (Lipinski definition) is 5. The Morgan fingerprint density at radius 3 is 2.88 bits per heavy atom. The Kier molecular flexibility index (Phi) is 4.92. The number of carbonyl (C=O) groups excluding carboxylic acids is 1. The van der Waals surface area contributed by atoms with Crippen molar-refractivity contribution in [3.8, 4) is 10.6 Å². The van der Waals surface area contributed by atoms with Crippen LogP contribution < -0.4 is 10.6 Å². The molecule has 0 atom stereocenters. The fourth-order valence-corrected chi connectivity index (χ4v) is 3.22. The van der Waals surface area contributed by atoms with Crippen LogP contribution in [-0.4, -0.2) is 40.8 Å². The van der Waals surface area contributed by atoms with E-state index < -0.39 is 0 Å². The molecule has 6 nitrogen and oxygen atoms in total. The number of pyridine rings is 1. The van der Waals surface area contributed by atoms with Gasteiger partial charge in [-0.2, -0.15) is 5.10 Å². The van der Waals surface area contributed by atoms with Crippen LogP contribution in [0.5, 0.6) is 0 Å². The summed E-state index contributed by atoms with van der Waals surface area (Å²) in [5.41, 5.74) is 2.17. The minimum atomic E-state index is -0.0984. The molecule has 0 saturated carbocycles. The largest absolute Gasteiger partial charge is 0.351 e. The van der Waals surface area contributed by atoms with Crippen LogP contribution in [0.1, 0.15) is 30.2 Å². The summed E-state index contributed by atoms with van der Waals surface area (Å²) in [6, 6.07) is 6.03. The van der Waals surface area contributed by atoms with Crippen molar-refractivity contribution in [1.29, 1.82) is 0 Å². The summed E-state index contributed by atoms with van der Waals surface area (Å²) in [7, 11) is 1.86. The second-order valence-corrected chi connectivity index (χ2v) is 6.76. The number of thiophene rings is 1. The van der Waals surface area contributed by atoms with E-state index in [1.807, 2.05) is 35.3 Å². The molecule has 3 aromatic rings. The Hall–Kier alpha value is -2.25. The summed E-state index contributed by atoms with van der Waals surface area (Å²) < 4.78 is 1.86. The third-order valence-electron chi connectivity index (χ3n) is 3.73. The smallest absolute Gasteiger partial charge is 0.252 e. The Morgan fingerprint density at radius 1 is 1.38 bits per heavy atom. The Balaban J connectivity index is 2.10. The van der Waals surface area contributed by atoms with Gasteiger partial charge in [0.2, 0.25) is 0 Å². The van der Waals surface area contributed by atoms with Gasteiger partial charge in [0, 0.05) is 19.1 Å². The van der Waals surface area contributed by atoms with E-state index in [0.29, 0.717) is 12.1 Å². The molecule has 0 saturated heterocycles. The number of amides is 1. The minimum absolute atomic E-state index is 0.0984. The van der Waals surface area contributed by atoms with Gasteiger partial charge in [-0.1, -0.05) is 6.07 Å². The maximum atomic E-state index is 12.6. The lowest BCUT2D eigenvalue weighted by Crippen LogP contribution is -2.30. The molecule has 0 fully saturated rings. The number of nitrogens with zero attached hydrogens (tertiary/aromatic N) is 3. The highest BCUT2D eigenvalue weighted by molar-refractivity contribution is 7.13. The lowest BCUT2D eigenvalue weighted by molar-refractivity contribution is 0.0955. The van der Waals surface area contributed by atoms with Crippen molar-refractivity contribution in [3.05, 3.63) is 35.3 Å². The number of rotatable bonds is 6. The first-order valence-corrected chi connectivity index (χ1v) is 8.84. The number of hydrogen-bond donors (Lipinski definition) is 2. The van der Waals surface area contributed by atoms with Crippen molar-refractivity contribution >= 4 is 28.3 Å². The third kappa shape index (κ3) is 3.18. The van der Waals surface area contributed by atoms with Gasteiger partial charge in [-0.05, 0) is 38.4 Å². The summed E-state index contributed by atoms with van der Waals surface area (Å²) in [4.78, 5) is 18.4. The molecule has 1 amide bonds. The van der Waals surface area contributed by atoms with E-state index in [9.17, 15) is 4.79 Å². The highest BCUT2D eigenvalue weighted by Crippen LogP contribution is 2.28. The van der Waals surface area contributed by atoms with Gasteiger partial charge in [-0.3, -0.25) is 4.79 Å². The lowest BCUT2D eigenvalue weighted by Gasteiger charge is -2.10. The highest BCUT2D eigenvalue weighted by Gasteiger charge is 2.18. The zero-order valence-corrected chi connectivity index (χ0v) is 14.9. The molecule has 3 heterocycles. The molecule has 0 aliphatic rings. The van der Waals surface area contributed by atoms with Gasteiger partial charge in [-0.15, -0.1) is 11.3 Å². The van der Waals surface area contributed by atoms with Crippen LogP contribution in [0.4, 0.5) is 0 Å². The summed E-state index contributed by atoms with van der Waals surface area (Å²) in [5.74, 6) is -0.0984. The molecule has 0 spiro atoms. The molecule has 126 valence electrons. The predicted molar refractivity (Wildman–Crippen MR) is 97.5 cm³/mol. The van der Waals surface area contributed by atoms with Crippen LogP contribution in [0.3, 0.4) is 0 Å². The van der Waals surface area contributed by atoms with Crippen molar-refractivity contribution < 1.29 is 4.79 Å². The average Bonchev–Trinajstić information content (AvgIpc) is 3.23. The number of likely N-dealkylation sites (N-methyl/N-ethyl adjacent to an activating group) is 1. The summed E-state index contributed by atoms with van der Waals surface area (Å²) in [6.07, 6.45) is 1.73. The Labute approximate surface area is 144 Å². The van der Waals surface area contributed by atoms with Crippen LogP contribution in [0.25, 0.3) is 21.6 Å². The minimum Gasteiger partial charge on any atom is -0.351 e. The molecule has 24 heavy (non-hydrogen) atoms. The Bertz CT molecular complexity index is 838. The van der Waals surface area contributed by atoms with Gasteiger partial charge in [0.05, 0.1) is 27.7 Å². The Morgan fingerprint density at radius 2 is 2.21 bits per heavy atom. The molecule has 3 aromatic heterocycles. The van der Waals surface area contributed by atoms with E-state index >= 15 is 0 Å². The molecule has 3 rings (SSSR count). The van der Waals surface area contributed by atoms with E-state index in [4.69, 9.17) is 4.98 Å². The summed E-state index contributed by atoms with van der Waals surface area (Å²) in [5, 5.41) is 13.2. The van der Waals surface area contributed by atoms with Crippen LogP contribution in [-0.2, 0) is 0 Å². The standard InChI is InChI=1S/C17H21N5OS/c1-11(2)22-16-13(10-20-22)12(17(23)19-7-6-18-3)9-14(21-16)15-5-4-8-24-15/h4-5,8-11,18H,6-7H2,1-3H3,(H,19,23). The number of aromatic nitrogens is 3. The lowest BCUT2D eigenvalue weighted by atomic mass is 10.1. The predicted octanol–water partition coefficient (Wildman–Crippen LogP) is 2.69. The number of nitrogens with one attached hydrogen (secondary N) is 2. The monoisotopic (exact) mass is 343 g/mol. The van der Waals surface area contributed by atoms with E-state index in [1.54, 1.807) is 17.5 Å². The molecule has 7 heteroatoms. The van der Waals surface area contributed by atoms with Crippen molar-refractivity contribution in [2.24, 2.45) is 0 Å².